The van der Waals surface area contributed by atoms with E-state index in [2.05, 4.69) is 46.3 Å². The van der Waals surface area contributed by atoms with E-state index in [1.807, 2.05) is 6.07 Å². The van der Waals surface area contributed by atoms with Crippen LogP contribution in [0.4, 0.5) is 5.69 Å². The van der Waals surface area contributed by atoms with Gasteiger partial charge in [0.25, 0.3) is 0 Å². The zero-order valence-electron chi connectivity index (χ0n) is 16.5. The maximum Gasteiger partial charge on any atom is 0.234 e. The van der Waals surface area contributed by atoms with Crippen molar-refractivity contribution in [1.82, 2.24) is 10.2 Å². The summed E-state index contributed by atoms with van der Waals surface area (Å²) < 4.78 is 0. The van der Waals surface area contributed by atoms with Crippen molar-refractivity contribution >= 4 is 11.6 Å². The van der Waals surface area contributed by atoms with Crippen molar-refractivity contribution in [3.05, 3.63) is 29.8 Å². The van der Waals surface area contributed by atoms with Gasteiger partial charge in [0.2, 0.25) is 5.91 Å². The van der Waals surface area contributed by atoms with E-state index in [4.69, 9.17) is 5.26 Å². The molecule has 1 N–H and O–H groups in total. The third-order valence-corrected chi connectivity index (χ3v) is 6.04. The Morgan fingerprint density at radius 3 is 2.59 bits per heavy atom. The molecule has 0 radical (unpaired) electrons. The molecule has 2 fully saturated rings. The van der Waals surface area contributed by atoms with Crippen LogP contribution in [0.5, 0.6) is 0 Å². The first-order valence-electron chi connectivity index (χ1n) is 10.3. The number of benzene rings is 1. The van der Waals surface area contributed by atoms with Crippen LogP contribution in [0, 0.1) is 24.2 Å². The second kappa shape index (κ2) is 9.75. The van der Waals surface area contributed by atoms with Crippen LogP contribution in [0.2, 0.25) is 0 Å². The Labute approximate surface area is 163 Å². The molecule has 0 atom stereocenters. The van der Waals surface area contributed by atoms with Gasteiger partial charge >= 0.3 is 0 Å². The van der Waals surface area contributed by atoms with Crippen LogP contribution in [0.15, 0.2) is 24.3 Å². The number of carbonyl (C=O) groups is 1. The average Bonchev–Trinajstić information content (AvgIpc) is 2.68. The molecular weight excluding hydrogens is 336 g/mol. The van der Waals surface area contributed by atoms with Gasteiger partial charge in [-0.25, -0.2) is 0 Å². The molecule has 0 spiro atoms. The summed E-state index contributed by atoms with van der Waals surface area (Å²) in [4.78, 5) is 16.6. The predicted octanol–water partition coefficient (Wildman–Crippen LogP) is 3.10. The van der Waals surface area contributed by atoms with Crippen LogP contribution in [0.1, 0.15) is 44.1 Å². The SMILES string of the molecule is Cc1cccc(N2CCN(CCC3CCC(NC(=O)CC#N)CC3)CC2)c1. The van der Waals surface area contributed by atoms with Crippen molar-refractivity contribution in [3.8, 4) is 6.07 Å². The van der Waals surface area contributed by atoms with Gasteiger partial charge in [0, 0.05) is 37.9 Å². The fourth-order valence-electron chi connectivity index (χ4n) is 4.37. The molecule has 1 aromatic rings. The van der Waals surface area contributed by atoms with E-state index in [1.54, 1.807) is 0 Å². The maximum atomic E-state index is 11.5. The number of hydrogen-bond acceptors (Lipinski definition) is 4. The summed E-state index contributed by atoms with van der Waals surface area (Å²) in [6.45, 7) is 7.87. The standard InChI is InChI=1S/C22H32N4O/c1-18-3-2-4-21(17-18)26-15-13-25(14-16-26)12-10-19-5-7-20(8-6-19)24-22(27)9-11-23/h2-4,17,19-20H,5-10,12-16H2,1H3,(H,24,27). The van der Waals surface area contributed by atoms with Gasteiger partial charge in [0.1, 0.15) is 6.42 Å². The minimum absolute atomic E-state index is 0.0194. The van der Waals surface area contributed by atoms with Gasteiger partial charge in [-0.15, -0.1) is 0 Å². The van der Waals surface area contributed by atoms with Crippen molar-refractivity contribution in [2.45, 2.75) is 51.5 Å². The Balaban J connectivity index is 1.33. The van der Waals surface area contributed by atoms with Crippen LogP contribution in [-0.2, 0) is 4.79 Å². The van der Waals surface area contributed by atoms with E-state index < -0.39 is 0 Å². The third-order valence-electron chi connectivity index (χ3n) is 6.04. The lowest BCUT2D eigenvalue weighted by molar-refractivity contribution is -0.121. The summed E-state index contributed by atoms with van der Waals surface area (Å²) in [5, 5.41) is 11.6. The molecular formula is C22H32N4O. The van der Waals surface area contributed by atoms with Gasteiger partial charge in [0.15, 0.2) is 0 Å². The Morgan fingerprint density at radius 2 is 1.93 bits per heavy atom. The van der Waals surface area contributed by atoms with E-state index in [1.165, 1.54) is 37.1 Å². The summed E-state index contributed by atoms with van der Waals surface area (Å²) in [5.74, 6) is 0.663. The van der Waals surface area contributed by atoms with Crippen LogP contribution >= 0.6 is 0 Å². The van der Waals surface area contributed by atoms with Crippen molar-refractivity contribution < 1.29 is 4.79 Å². The van der Waals surface area contributed by atoms with E-state index in [9.17, 15) is 4.79 Å². The predicted molar refractivity (Wildman–Crippen MR) is 109 cm³/mol. The minimum Gasteiger partial charge on any atom is -0.369 e. The highest BCUT2D eigenvalue weighted by Crippen LogP contribution is 2.27. The molecule has 1 aliphatic carbocycles. The highest BCUT2D eigenvalue weighted by Gasteiger charge is 2.24. The van der Waals surface area contributed by atoms with Gasteiger partial charge in [-0.05, 0) is 69.2 Å². The molecule has 1 saturated carbocycles. The highest BCUT2D eigenvalue weighted by atomic mass is 16.1. The van der Waals surface area contributed by atoms with E-state index >= 15 is 0 Å². The molecule has 27 heavy (non-hydrogen) atoms. The Bertz CT molecular complexity index is 653. The molecule has 146 valence electrons. The summed E-state index contributed by atoms with van der Waals surface area (Å²) in [6.07, 6.45) is 5.76. The minimum atomic E-state index is -0.118. The van der Waals surface area contributed by atoms with Crippen LogP contribution in [0.3, 0.4) is 0 Å². The largest absolute Gasteiger partial charge is 0.369 e. The molecule has 0 unspecified atom stereocenters. The molecule has 5 nitrogen and oxygen atoms in total. The van der Waals surface area contributed by atoms with Gasteiger partial charge in [0.05, 0.1) is 6.07 Å². The number of piperazine rings is 1. The van der Waals surface area contributed by atoms with Crippen LogP contribution in [-0.4, -0.2) is 49.6 Å². The second-order valence-corrected chi connectivity index (χ2v) is 8.08. The normalized spacial score (nSPS) is 23.6. The number of hydrogen-bond donors (Lipinski definition) is 1. The number of aryl methyl sites for hydroxylation is 1. The fraction of sp³-hybridized carbons (Fsp3) is 0.636. The molecule has 1 saturated heterocycles. The maximum absolute atomic E-state index is 11.5. The fourth-order valence-corrected chi connectivity index (χ4v) is 4.37. The van der Waals surface area contributed by atoms with Crippen molar-refractivity contribution in [1.29, 1.82) is 5.26 Å². The molecule has 5 heteroatoms. The topological polar surface area (TPSA) is 59.4 Å². The zero-order chi connectivity index (χ0) is 19.1. The molecule has 1 aromatic carbocycles. The first-order valence-corrected chi connectivity index (χ1v) is 10.3. The Morgan fingerprint density at radius 1 is 1.19 bits per heavy atom. The molecule has 1 amide bonds. The molecule has 0 aromatic heterocycles. The van der Waals surface area contributed by atoms with Crippen molar-refractivity contribution in [2.24, 2.45) is 5.92 Å². The first kappa shape index (κ1) is 19.7. The summed E-state index contributed by atoms with van der Waals surface area (Å²) in [5.41, 5.74) is 2.68. The lowest BCUT2D eigenvalue weighted by Gasteiger charge is -2.37. The Kier molecular flexibility index (Phi) is 7.11. The molecule has 1 heterocycles. The number of nitrogens with zero attached hydrogens (tertiary/aromatic N) is 3. The van der Waals surface area contributed by atoms with E-state index in [0.29, 0.717) is 0 Å². The number of nitrogens with one attached hydrogen (secondary N) is 1. The third kappa shape index (κ3) is 5.97. The molecule has 2 aliphatic rings. The summed E-state index contributed by atoms with van der Waals surface area (Å²) in [6, 6.07) is 11.0. The highest BCUT2D eigenvalue weighted by molar-refractivity contribution is 5.78. The van der Waals surface area contributed by atoms with Gasteiger partial charge < -0.3 is 10.2 Å². The lowest BCUT2D eigenvalue weighted by Crippen LogP contribution is -2.47. The number of anilines is 1. The smallest absolute Gasteiger partial charge is 0.234 e. The average molecular weight is 369 g/mol. The van der Waals surface area contributed by atoms with Gasteiger partial charge in [-0.2, -0.15) is 5.26 Å². The second-order valence-electron chi connectivity index (χ2n) is 8.08. The number of amides is 1. The molecule has 3 rings (SSSR count). The zero-order valence-corrected chi connectivity index (χ0v) is 16.5. The van der Waals surface area contributed by atoms with Crippen LogP contribution < -0.4 is 10.2 Å². The summed E-state index contributed by atoms with van der Waals surface area (Å²) >= 11 is 0. The monoisotopic (exact) mass is 368 g/mol. The lowest BCUT2D eigenvalue weighted by atomic mass is 9.84. The van der Waals surface area contributed by atoms with Crippen molar-refractivity contribution in [3.63, 3.8) is 0 Å². The van der Waals surface area contributed by atoms with E-state index in [-0.39, 0.29) is 18.4 Å². The van der Waals surface area contributed by atoms with Crippen molar-refractivity contribution in [2.75, 3.05) is 37.6 Å². The quantitative estimate of drug-likeness (QED) is 0.838. The Hall–Kier alpha value is -2.06. The molecule has 0 bridgehead atoms. The van der Waals surface area contributed by atoms with E-state index in [0.717, 1.165) is 44.9 Å². The molecule has 1 aliphatic heterocycles. The first-order chi connectivity index (χ1) is 13.1. The van der Waals surface area contributed by atoms with Gasteiger partial charge in [-0.1, -0.05) is 12.1 Å². The summed E-state index contributed by atoms with van der Waals surface area (Å²) in [7, 11) is 0. The van der Waals surface area contributed by atoms with Gasteiger partial charge in [-0.3, -0.25) is 9.69 Å². The number of nitriles is 1. The number of rotatable bonds is 6. The van der Waals surface area contributed by atoms with Crippen LogP contribution in [0.25, 0.3) is 0 Å². The number of carbonyl (C=O) groups excluding carboxylic acids is 1.